The number of fused-ring (bicyclic) bond motifs is 1. The lowest BCUT2D eigenvalue weighted by molar-refractivity contribution is -0.137. The molecule has 0 aromatic heterocycles. The highest BCUT2D eigenvalue weighted by Gasteiger charge is 2.34. The van der Waals surface area contributed by atoms with Crippen LogP contribution in [-0.2, 0) is 33.5 Å². The van der Waals surface area contributed by atoms with Crippen molar-refractivity contribution in [1.82, 2.24) is 9.21 Å². The summed E-state index contributed by atoms with van der Waals surface area (Å²) in [5.74, 6) is -0.0940. The Bertz CT molecular complexity index is 1050. The summed E-state index contributed by atoms with van der Waals surface area (Å²) in [7, 11) is -3.47. The standard InChI is InChI=1S/C22H24Cl2N2O3S/c23-20-6-5-16(13-21(20)24)15-30(28,29)26-11-8-18(9-12-26)22(27)25-10-7-17-3-1-2-4-19(17)14-25/h1-6,13,18H,7-12,14-15H2. The second-order valence-corrected chi connectivity index (χ2v) is 10.7. The fraction of sp³-hybridized carbons (Fsp3) is 0.409. The third-order valence-corrected chi connectivity index (χ3v) is 8.56. The van der Waals surface area contributed by atoms with Crippen LogP contribution >= 0.6 is 23.2 Å². The first-order valence-electron chi connectivity index (χ1n) is 10.1. The molecule has 2 aromatic rings. The molecular weight excluding hydrogens is 443 g/mol. The van der Waals surface area contributed by atoms with Crippen molar-refractivity contribution in [3.63, 3.8) is 0 Å². The zero-order valence-corrected chi connectivity index (χ0v) is 18.9. The van der Waals surface area contributed by atoms with Gasteiger partial charge in [0, 0.05) is 32.1 Å². The number of hydrogen-bond donors (Lipinski definition) is 0. The maximum atomic E-state index is 13.0. The zero-order valence-electron chi connectivity index (χ0n) is 16.6. The Morgan fingerprint density at radius 3 is 2.37 bits per heavy atom. The van der Waals surface area contributed by atoms with E-state index < -0.39 is 10.0 Å². The molecule has 1 fully saturated rings. The maximum Gasteiger partial charge on any atom is 0.226 e. The first-order valence-corrected chi connectivity index (χ1v) is 12.5. The molecule has 0 saturated carbocycles. The number of carbonyl (C=O) groups excluding carboxylic acids is 1. The lowest BCUT2D eigenvalue weighted by Crippen LogP contribution is -2.45. The molecule has 1 saturated heterocycles. The van der Waals surface area contributed by atoms with Crippen LogP contribution in [0.4, 0.5) is 0 Å². The lowest BCUT2D eigenvalue weighted by atomic mass is 9.94. The highest BCUT2D eigenvalue weighted by atomic mass is 35.5. The topological polar surface area (TPSA) is 57.7 Å². The molecule has 8 heteroatoms. The van der Waals surface area contributed by atoms with Gasteiger partial charge in [-0.2, -0.15) is 0 Å². The minimum Gasteiger partial charge on any atom is -0.338 e. The Morgan fingerprint density at radius 2 is 1.67 bits per heavy atom. The lowest BCUT2D eigenvalue weighted by Gasteiger charge is -2.35. The largest absolute Gasteiger partial charge is 0.338 e. The van der Waals surface area contributed by atoms with E-state index >= 15 is 0 Å². The zero-order chi connectivity index (χ0) is 21.3. The molecule has 0 N–H and O–H groups in total. The van der Waals surface area contributed by atoms with Crippen LogP contribution in [0, 0.1) is 5.92 Å². The number of rotatable bonds is 4. The van der Waals surface area contributed by atoms with Crippen LogP contribution < -0.4 is 0 Å². The van der Waals surface area contributed by atoms with Crippen molar-refractivity contribution in [1.29, 1.82) is 0 Å². The van der Waals surface area contributed by atoms with Gasteiger partial charge in [-0.1, -0.05) is 53.5 Å². The van der Waals surface area contributed by atoms with E-state index in [1.807, 2.05) is 17.0 Å². The van der Waals surface area contributed by atoms with Gasteiger partial charge in [-0.3, -0.25) is 4.79 Å². The Kier molecular flexibility index (Phi) is 6.39. The summed E-state index contributed by atoms with van der Waals surface area (Å²) in [5, 5.41) is 0.745. The summed E-state index contributed by atoms with van der Waals surface area (Å²) in [6.07, 6.45) is 1.98. The van der Waals surface area contributed by atoms with E-state index in [1.165, 1.54) is 15.4 Å². The molecule has 30 heavy (non-hydrogen) atoms. The molecule has 2 heterocycles. The number of hydrogen-bond acceptors (Lipinski definition) is 3. The van der Waals surface area contributed by atoms with Gasteiger partial charge >= 0.3 is 0 Å². The molecule has 0 atom stereocenters. The number of halogens is 2. The summed E-state index contributed by atoms with van der Waals surface area (Å²) in [6, 6.07) is 13.1. The normalized spacial score (nSPS) is 18.3. The first-order chi connectivity index (χ1) is 14.3. The van der Waals surface area contributed by atoms with Crippen LogP contribution in [0.25, 0.3) is 0 Å². The molecule has 2 aliphatic heterocycles. The second kappa shape index (κ2) is 8.87. The summed E-state index contributed by atoms with van der Waals surface area (Å²) in [4.78, 5) is 14.9. The highest BCUT2D eigenvalue weighted by molar-refractivity contribution is 7.88. The molecule has 4 rings (SSSR count). The third kappa shape index (κ3) is 4.67. The van der Waals surface area contributed by atoms with E-state index in [-0.39, 0.29) is 17.6 Å². The fourth-order valence-electron chi connectivity index (χ4n) is 4.25. The van der Waals surface area contributed by atoms with E-state index in [2.05, 4.69) is 12.1 Å². The van der Waals surface area contributed by atoms with Gasteiger partial charge in [0.15, 0.2) is 0 Å². The molecule has 0 spiro atoms. The van der Waals surface area contributed by atoms with Gasteiger partial charge in [-0.15, -0.1) is 0 Å². The van der Waals surface area contributed by atoms with Gasteiger partial charge in [-0.05, 0) is 48.1 Å². The Labute approximate surface area is 187 Å². The van der Waals surface area contributed by atoms with Crippen molar-refractivity contribution in [3.05, 3.63) is 69.2 Å². The van der Waals surface area contributed by atoms with Gasteiger partial charge in [-0.25, -0.2) is 12.7 Å². The van der Waals surface area contributed by atoms with Crippen molar-refractivity contribution >= 4 is 39.1 Å². The quantitative estimate of drug-likeness (QED) is 0.680. The van der Waals surface area contributed by atoms with Crippen LogP contribution in [0.1, 0.15) is 29.5 Å². The SMILES string of the molecule is O=C(C1CCN(S(=O)(=O)Cc2ccc(Cl)c(Cl)c2)CC1)N1CCc2ccccc2C1. The summed E-state index contributed by atoms with van der Waals surface area (Å²) in [6.45, 7) is 2.10. The van der Waals surface area contributed by atoms with Crippen molar-refractivity contribution in [2.24, 2.45) is 5.92 Å². The number of piperidine rings is 1. The second-order valence-electron chi connectivity index (χ2n) is 7.96. The van der Waals surface area contributed by atoms with Gasteiger partial charge < -0.3 is 4.90 Å². The molecule has 0 aliphatic carbocycles. The number of nitrogens with zero attached hydrogens (tertiary/aromatic N) is 2. The molecule has 1 amide bonds. The van der Waals surface area contributed by atoms with E-state index in [1.54, 1.807) is 18.2 Å². The highest BCUT2D eigenvalue weighted by Crippen LogP contribution is 2.28. The van der Waals surface area contributed by atoms with E-state index in [9.17, 15) is 13.2 Å². The van der Waals surface area contributed by atoms with Gasteiger partial charge in [0.2, 0.25) is 15.9 Å². The van der Waals surface area contributed by atoms with E-state index in [0.717, 1.165) is 13.0 Å². The van der Waals surface area contributed by atoms with Crippen LogP contribution in [0.2, 0.25) is 10.0 Å². The minimum absolute atomic E-state index is 0.119. The number of benzene rings is 2. The van der Waals surface area contributed by atoms with Crippen LogP contribution in [-0.4, -0.2) is 43.2 Å². The fourth-order valence-corrected chi connectivity index (χ4v) is 6.13. The van der Waals surface area contributed by atoms with Gasteiger partial charge in [0.25, 0.3) is 0 Å². The number of sulfonamides is 1. The minimum atomic E-state index is -3.47. The number of carbonyl (C=O) groups is 1. The van der Waals surface area contributed by atoms with Crippen LogP contribution in [0.15, 0.2) is 42.5 Å². The molecule has 0 radical (unpaired) electrons. The Balaban J connectivity index is 1.35. The van der Waals surface area contributed by atoms with Crippen molar-refractivity contribution in [2.45, 2.75) is 31.6 Å². The Hall–Kier alpha value is -1.60. The maximum absolute atomic E-state index is 13.0. The molecule has 2 aliphatic rings. The average Bonchev–Trinajstić information content (AvgIpc) is 2.75. The van der Waals surface area contributed by atoms with E-state index in [0.29, 0.717) is 48.1 Å². The molecular formula is C22H24Cl2N2O3S. The van der Waals surface area contributed by atoms with Crippen molar-refractivity contribution in [3.8, 4) is 0 Å². The molecule has 160 valence electrons. The Morgan fingerprint density at radius 1 is 0.967 bits per heavy atom. The first kappa shape index (κ1) is 21.6. The predicted molar refractivity (Wildman–Crippen MR) is 119 cm³/mol. The van der Waals surface area contributed by atoms with Crippen LogP contribution in [0.5, 0.6) is 0 Å². The average molecular weight is 467 g/mol. The summed E-state index contributed by atoms with van der Waals surface area (Å²) >= 11 is 11.9. The van der Waals surface area contributed by atoms with Crippen LogP contribution in [0.3, 0.4) is 0 Å². The third-order valence-electron chi connectivity index (χ3n) is 5.97. The monoisotopic (exact) mass is 466 g/mol. The number of amides is 1. The summed E-state index contributed by atoms with van der Waals surface area (Å²) < 4.78 is 27.1. The van der Waals surface area contributed by atoms with Crippen molar-refractivity contribution < 1.29 is 13.2 Å². The molecule has 0 bridgehead atoms. The predicted octanol–water partition coefficient (Wildman–Crippen LogP) is 4.12. The summed E-state index contributed by atoms with van der Waals surface area (Å²) in [5.41, 5.74) is 3.12. The molecule has 2 aromatic carbocycles. The smallest absolute Gasteiger partial charge is 0.226 e. The van der Waals surface area contributed by atoms with E-state index in [4.69, 9.17) is 23.2 Å². The van der Waals surface area contributed by atoms with Crippen molar-refractivity contribution in [2.75, 3.05) is 19.6 Å². The molecule has 5 nitrogen and oxygen atoms in total. The van der Waals surface area contributed by atoms with Gasteiger partial charge in [0.1, 0.15) is 0 Å². The van der Waals surface area contributed by atoms with Gasteiger partial charge in [0.05, 0.1) is 15.8 Å². The molecule has 0 unspecified atom stereocenters.